The molecule has 0 spiro atoms. The van der Waals surface area contributed by atoms with E-state index in [1.807, 2.05) is 5.38 Å². The van der Waals surface area contributed by atoms with Gasteiger partial charge >= 0.3 is 5.97 Å². The Bertz CT molecular complexity index is 433. The van der Waals surface area contributed by atoms with Gasteiger partial charge in [0.05, 0.1) is 12.3 Å². The molecule has 0 aliphatic carbocycles. The van der Waals surface area contributed by atoms with Crippen LogP contribution in [0.2, 0.25) is 0 Å². The Morgan fingerprint density at radius 2 is 2.53 bits per heavy atom. The van der Waals surface area contributed by atoms with Crippen molar-refractivity contribution in [3.05, 3.63) is 16.1 Å². The number of nitrogens with two attached hydrogens (primary N) is 1. The highest BCUT2D eigenvalue weighted by Gasteiger charge is 2.25. The molecule has 1 aromatic heterocycles. The van der Waals surface area contributed by atoms with Crippen LogP contribution in [0.4, 0.5) is 0 Å². The minimum Gasteiger partial charge on any atom is -0.461 e. The van der Waals surface area contributed by atoms with Crippen LogP contribution in [0.3, 0.4) is 0 Å². The number of carbonyl (C=O) groups excluding carboxylic acids is 1. The van der Waals surface area contributed by atoms with Crippen LogP contribution in [-0.4, -0.2) is 41.6 Å². The first-order valence-corrected chi connectivity index (χ1v) is 7.57. The average molecular weight is 283 g/mol. The van der Waals surface area contributed by atoms with E-state index in [0.717, 1.165) is 31.7 Å². The SMILES string of the molecule is CCOC(=O)c1nc(CN2CCC(C(C)N)C2)cs1. The Hall–Kier alpha value is -0.980. The summed E-state index contributed by atoms with van der Waals surface area (Å²) >= 11 is 1.35. The van der Waals surface area contributed by atoms with Gasteiger partial charge in [0.1, 0.15) is 0 Å². The lowest BCUT2D eigenvalue weighted by atomic mass is 10.0. The fraction of sp³-hybridized carbons (Fsp3) is 0.692. The first kappa shape index (κ1) is 14.4. The molecule has 2 unspecified atom stereocenters. The fourth-order valence-electron chi connectivity index (χ4n) is 2.33. The molecule has 19 heavy (non-hydrogen) atoms. The van der Waals surface area contributed by atoms with Gasteiger partial charge in [0.15, 0.2) is 0 Å². The van der Waals surface area contributed by atoms with Gasteiger partial charge in [-0.05, 0) is 32.7 Å². The average Bonchev–Trinajstić information content (AvgIpc) is 2.99. The van der Waals surface area contributed by atoms with Gasteiger partial charge in [0, 0.05) is 24.5 Å². The third-order valence-electron chi connectivity index (χ3n) is 3.44. The van der Waals surface area contributed by atoms with Crippen molar-refractivity contribution in [1.29, 1.82) is 0 Å². The summed E-state index contributed by atoms with van der Waals surface area (Å²) < 4.78 is 4.94. The predicted octanol–water partition coefficient (Wildman–Crippen LogP) is 1.49. The van der Waals surface area contributed by atoms with Crippen molar-refractivity contribution in [3.8, 4) is 0 Å². The van der Waals surface area contributed by atoms with Gasteiger partial charge < -0.3 is 10.5 Å². The number of carbonyl (C=O) groups is 1. The fourth-order valence-corrected chi connectivity index (χ4v) is 3.03. The molecular weight excluding hydrogens is 262 g/mol. The molecule has 0 saturated carbocycles. The quantitative estimate of drug-likeness (QED) is 0.829. The smallest absolute Gasteiger partial charge is 0.367 e. The highest BCUT2D eigenvalue weighted by atomic mass is 32.1. The largest absolute Gasteiger partial charge is 0.461 e. The lowest BCUT2D eigenvalue weighted by Crippen LogP contribution is -2.29. The summed E-state index contributed by atoms with van der Waals surface area (Å²) in [5.74, 6) is 0.247. The second-order valence-electron chi connectivity index (χ2n) is 5.01. The Morgan fingerprint density at radius 3 is 3.16 bits per heavy atom. The van der Waals surface area contributed by atoms with Crippen LogP contribution >= 0.6 is 11.3 Å². The number of aromatic nitrogens is 1. The summed E-state index contributed by atoms with van der Waals surface area (Å²) in [5, 5.41) is 2.38. The molecule has 1 fully saturated rings. The Labute approximate surface area is 117 Å². The molecule has 0 bridgehead atoms. The van der Waals surface area contributed by atoms with Crippen LogP contribution in [0.1, 0.15) is 35.8 Å². The molecule has 2 heterocycles. The molecule has 1 saturated heterocycles. The maximum atomic E-state index is 11.5. The molecule has 2 rings (SSSR count). The number of likely N-dealkylation sites (tertiary alicyclic amines) is 1. The second-order valence-corrected chi connectivity index (χ2v) is 5.87. The molecule has 0 aromatic carbocycles. The lowest BCUT2D eigenvalue weighted by molar-refractivity contribution is 0.0525. The minimum atomic E-state index is -0.325. The molecule has 1 aliphatic rings. The number of nitrogens with zero attached hydrogens (tertiary/aromatic N) is 2. The first-order valence-electron chi connectivity index (χ1n) is 6.69. The van der Waals surface area contributed by atoms with Gasteiger partial charge in [-0.3, -0.25) is 4.90 Å². The van der Waals surface area contributed by atoms with Crippen molar-refractivity contribution in [2.45, 2.75) is 32.9 Å². The van der Waals surface area contributed by atoms with Crippen molar-refractivity contribution in [2.75, 3.05) is 19.7 Å². The summed E-state index contributed by atoms with van der Waals surface area (Å²) in [5.41, 5.74) is 6.87. The van der Waals surface area contributed by atoms with Gasteiger partial charge in [0.25, 0.3) is 0 Å². The molecule has 2 N–H and O–H groups in total. The van der Waals surface area contributed by atoms with Gasteiger partial charge in [0.2, 0.25) is 5.01 Å². The molecule has 106 valence electrons. The molecule has 5 nitrogen and oxygen atoms in total. The summed E-state index contributed by atoms with van der Waals surface area (Å²) in [6.07, 6.45) is 1.15. The summed E-state index contributed by atoms with van der Waals surface area (Å²) in [7, 11) is 0. The highest BCUT2D eigenvalue weighted by Crippen LogP contribution is 2.21. The first-order chi connectivity index (χ1) is 9.10. The zero-order chi connectivity index (χ0) is 13.8. The van der Waals surface area contributed by atoms with Crippen LogP contribution < -0.4 is 5.73 Å². The van der Waals surface area contributed by atoms with Crippen molar-refractivity contribution < 1.29 is 9.53 Å². The number of thiazole rings is 1. The third kappa shape index (κ3) is 3.75. The van der Waals surface area contributed by atoms with Crippen molar-refractivity contribution in [3.63, 3.8) is 0 Å². The maximum absolute atomic E-state index is 11.5. The zero-order valence-electron chi connectivity index (χ0n) is 11.5. The van der Waals surface area contributed by atoms with Crippen molar-refractivity contribution in [1.82, 2.24) is 9.88 Å². The van der Waals surface area contributed by atoms with Crippen LogP contribution in [-0.2, 0) is 11.3 Å². The van der Waals surface area contributed by atoms with Crippen LogP contribution in [0.25, 0.3) is 0 Å². The van der Waals surface area contributed by atoms with E-state index in [9.17, 15) is 4.79 Å². The van der Waals surface area contributed by atoms with E-state index in [1.54, 1.807) is 6.92 Å². The molecule has 1 aromatic rings. The van der Waals surface area contributed by atoms with Crippen LogP contribution in [0, 0.1) is 5.92 Å². The number of rotatable bonds is 5. The van der Waals surface area contributed by atoms with E-state index < -0.39 is 0 Å². The topological polar surface area (TPSA) is 68.5 Å². The van der Waals surface area contributed by atoms with Crippen molar-refractivity contribution in [2.24, 2.45) is 11.7 Å². The predicted molar refractivity (Wildman–Crippen MR) is 75.1 cm³/mol. The van der Waals surface area contributed by atoms with E-state index in [0.29, 0.717) is 17.5 Å². The molecule has 0 radical (unpaired) electrons. The normalized spacial score (nSPS) is 21.5. The van der Waals surface area contributed by atoms with Gasteiger partial charge in [-0.15, -0.1) is 11.3 Å². The Kier molecular flexibility index (Phi) is 4.90. The highest BCUT2D eigenvalue weighted by molar-refractivity contribution is 7.11. The zero-order valence-corrected chi connectivity index (χ0v) is 12.3. The summed E-state index contributed by atoms with van der Waals surface area (Å²) in [4.78, 5) is 18.2. The van der Waals surface area contributed by atoms with E-state index in [4.69, 9.17) is 10.5 Å². The lowest BCUT2D eigenvalue weighted by Gasteiger charge is -2.16. The molecular formula is C13H21N3O2S. The minimum absolute atomic E-state index is 0.246. The summed E-state index contributed by atoms with van der Waals surface area (Å²) in [6, 6.07) is 0.246. The number of ether oxygens (including phenoxy) is 1. The van der Waals surface area contributed by atoms with Crippen LogP contribution in [0.15, 0.2) is 5.38 Å². The third-order valence-corrected chi connectivity index (χ3v) is 4.31. The van der Waals surface area contributed by atoms with Gasteiger partial charge in [-0.25, -0.2) is 9.78 Å². The van der Waals surface area contributed by atoms with E-state index in [2.05, 4.69) is 16.8 Å². The summed E-state index contributed by atoms with van der Waals surface area (Å²) in [6.45, 7) is 7.11. The van der Waals surface area contributed by atoms with Crippen LogP contribution in [0.5, 0.6) is 0 Å². The number of esters is 1. The standard InChI is InChI=1S/C13H21N3O2S/c1-3-18-13(17)12-15-11(8-19-12)7-16-5-4-10(6-16)9(2)14/h8-10H,3-7,14H2,1-2H3. The number of hydrogen-bond donors (Lipinski definition) is 1. The second kappa shape index (κ2) is 6.45. The molecule has 0 amide bonds. The van der Waals surface area contributed by atoms with E-state index >= 15 is 0 Å². The monoisotopic (exact) mass is 283 g/mol. The Balaban J connectivity index is 1.89. The van der Waals surface area contributed by atoms with E-state index in [1.165, 1.54) is 11.3 Å². The van der Waals surface area contributed by atoms with Crippen molar-refractivity contribution >= 4 is 17.3 Å². The van der Waals surface area contributed by atoms with Gasteiger partial charge in [-0.2, -0.15) is 0 Å². The molecule has 1 aliphatic heterocycles. The molecule has 2 atom stereocenters. The Morgan fingerprint density at radius 1 is 1.74 bits per heavy atom. The van der Waals surface area contributed by atoms with E-state index in [-0.39, 0.29) is 12.0 Å². The molecule has 6 heteroatoms. The van der Waals surface area contributed by atoms with Gasteiger partial charge in [-0.1, -0.05) is 0 Å². The number of hydrogen-bond acceptors (Lipinski definition) is 6. The maximum Gasteiger partial charge on any atom is 0.367 e.